The summed E-state index contributed by atoms with van der Waals surface area (Å²) in [5.41, 5.74) is 8.35. The number of hydrogen-bond donors (Lipinski definition) is 1. The molecule has 4 nitrogen and oxygen atoms in total. The van der Waals surface area contributed by atoms with Crippen LogP contribution in [0.1, 0.15) is 30.0 Å². The summed E-state index contributed by atoms with van der Waals surface area (Å²) in [7, 11) is 0. The fourth-order valence-electron chi connectivity index (χ4n) is 2.18. The largest absolute Gasteiger partial charge is 0.469 e. The van der Waals surface area contributed by atoms with Crippen molar-refractivity contribution in [2.24, 2.45) is 5.73 Å². The zero-order chi connectivity index (χ0) is 12.5. The minimum Gasteiger partial charge on any atom is -0.469 e. The number of furan rings is 1. The quantitative estimate of drug-likeness (QED) is 0.785. The van der Waals surface area contributed by atoms with Crippen LogP contribution in [0.5, 0.6) is 0 Å². The number of aryl methyl sites for hydroxylation is 1. The van der Waals surface area contributed by atoms with Gasteiger partial charge in [-0.1, -0.05) is 6.92 Å². The maximum Gasteiger partial charge on any atom is 0.193 e. The molecule has 0 aliphatic rings. The summed E-state index contributed by atoms with van der Waals surface area (Å²) in [6, 6.07) is 1.91. The summed E-state index contributed by atoms with van der Waals surface area (Å²) in [6.45, 7) is 2.07. The van der Waals surface area contributed by atoms with Gasteiger partial charge in [-0.05, 0) is 6.07 Å². The second-order valence-electron chi connectivity index (χ2n) is 4.29. The van der Waals surface area contributed by atoms with Crippen molar-refractivity contribution in [1.29, 1.82) is 0 Å². The normalized spacial score (nSPS) is 13.2. The highest BCUT2D eigenvalue weighted by Crippen LogP contribution is 2.22. The number of aromatic nitrogens is 2. The molecule has 5 heteroatoms. The van der Waals surface area contributed by atoms with Gasteiger partial charge in [0.15, 0.2) is 4.96 Å². The molecule has 0 aliphatic heterocycles. The molecule has 1 atom stereocenters. The van der Waals surface area contributed by atoms with Crippen molar-refractivity contribution < 1.29 is 4.42 Å². The van der Waals surface area contributed by atoms with Gasteiger partial charge in [0, 0.05) is 42.2 Å². The summed E-state index contributed by atoms with van der Waals surface area (Å²) in [4.78, 5) is 5.56. The highest BCUT2D eigenvalue weighted by Gasteiger charge is 2.15. The maximum atomic E-state index is 6.23. The highest BCUT2D eigenvalue weighted by molar-refractivity contribution is 7.15. The van der Waals surface area contributed by atoms with Gasteiger partial charge in [0.05, 0.1) is 12.0 Å². The molecule has 0 amide bonds. The Labute approximate surface area is 109 Å². The van der Waals surface area contributed by atoms with Crippen molar-refractivity contribution >= 4 is 16.3 Å². The summed E-state index contributed by atoms with van der Waals surface area (Å²) in [6.07, 6.45) is 7.36. The molecule has 0 saturated heterocycles. The first kappa shape index (κ1) is 11.5. The molecule has 1 unspecified atom stereocenters. The third kappa shape index (κ3) is 1.95. The number of imidazole rings is 1. The van der Waals surface area contributed by atoms with E-state index in [4.69, 9.17) is 10.2 Å². The van der Waals surface area contributed by atoms with E-state index >= 15 is 0 Å². The van der Waals surface area contributed by atoms with Crippen LogP contribution in [0.15, 0.2) is 34.5 Å². The molecule has 94 valence electrons. The molecule has 0 bridgehead atoms. The van der Waals surface area contributed by atoms with Gasteiger partial charge in [-0.2, -0.15) is 0 Å². The van der Waals surface area contributed by atoms with Crippen LogP contribution in [0, 0.1) is 0 Å². The van der Waals surface area contributed by atoms with E-state index in [0.717, 1.165) is 34.8 Å². The topological polar surface area (TPSA) is 56.5 Å². The lowest BCUT2D eigenvalue weighted by Gasteiger charge is -2.09. The lowest BCUT2D eigenvalue weighted by atomic mass is 10.0. The van der Waals surface area contributed by atoms with Crippen LogP contribution in [-0.4, -0.2) is 9.38 Å². The van der Waals surface area contributed by atoms with E-state index in [2.05, 4.69) is 11.9 Å². The minimum absolute atomic E-state index is 0.0525. The third-order valence-corrected chi connectivity index (χ3v) is 3.84. The van der Waals surface area contributed by atoms with Crippen LogP contribution < -0.4 is 5.73 Å². The van der Waals surface area contributed by atoms with E-state index in [1.165, 1.54) is 0 Å². The van der Waals surface area contributed by atoms with Gasteiger partial charge in [0.1, 0.15) is 5.76 Å². The van der Waals surface area contributed by atoms with E-state index in [9.17, 15) is 0 Å². The fourth-order valence-corrected chi connectivity index (χ4v) is 2.90. The molecule has 3 aromatic heterocycles. The molecule has 3 rings (SSSR count). The Morgan fingerprint density at radius 1 is 1.56 bits per heavy atom. The molecule has 0 spiro atoms. The molecule has 18 heavy (non-hydrogen) atoms. The van der Waals surface area contributed by atoms with Crippen molar-refractivity contribution in [2.45, 2.75) is 25.8 Å². The van der Waals surface area contributed by atoms with Gasteiger partial charge in [0.25, 0.3) is 0 Å². The maximum absolute atomic E-state index is 6.23. The van der Waals surface area contributed by atoms with Gasteiger partial charge in [-0.25, -0.2) is 4.98 Å². The van der Waals surface area contributed by atoms with E-state index in [-0.39, 0.29) is 6.04 Å². The van der Waals surface area contributed by atoms with Crippen LogP contribution in [0.2, 0.25) is 0 Å². The van der Waals surface area contributed by atoms with Crippen molar-refractivity contribution in [2.75, 3.05) is 0 Å². The van der Waals surface area contributed by atoms with Crippen LogP contribution >= 0.6 is 11.3 Å². The SMILES string of the molecule is CCc1occc1C(N)Cc1cn2ccsc2n1. The average molecular weight is 261 g/mol. The number of rotatable bonds is 4. The molecule has 3 heterocycles. The Kier molecular flexibility index (Phi) is 2.93. The van der Waals surface area contributed by atoms with Crippen LogP contribution in [0.3, 0.4) is 0 Å². The summed E-state index contributed by atoms with van der Waals surface area (Å²) >= 11 is 1.63. The second-order valence-corrected chi connectivity index (χ2v) is 5.16. The summed E-state index contributed by atoms with van der Waals surface area (Å²) in [5.74, 6) is 0.975. The molecular weight excluding hydrogens is 246 g/mol. The van der Waals surface area contributed by atoms with E-state index < -0.39 is 0 Å². The van der Waals surface area contributed by atoms with Crippen LogP contribution in [-0.2, 0) is 12.8 Å². The predicted octanol–water partition coefficient (Wildman–Crippen LogP) is 2.79. The number of nitrogens with zero attached hydrogens (tertiary/aromatic N) is 2. The zero-order valence-electron chi connectivity index (χ0n) is 10.2. The number of nitrogens with two attached hydrogens (primary N) is 1. The van der Waals surface area contributed by atoms with Crippen molar-refractivity contribution in [3.8, 4) is 0 Å². The third-order valence-electron chi connectivity index (χ3n) is 3.07. The van der Waals surface area contributed by atoms with Gasteiger partial charge in [-0.15, -0.1) is 11.3 Å². The zero-order valence-corrected chi connectivity index (χ0v) is 11.0. The Hall–Kier alpha value is -1.59. The highest BCUT2D eigenvalue weighted by atomic mass is 32.1. The molecule has 3 aromatic rings. The number of thiazole rings is 1. The van der Waals surface area contributed by atoms with Crippen molar-refractivity contribution in [3.05, 3.63) is 47.1 Å². The second kappa shape index (κ2) is 4.59. The molecule has 0 fully saturated rings. The van der Waals surface area contributed by atoms with Gasteiger partial charge in [0.2, 0.25) is 0 Å². The Bertz CT molecular complexity index is 623. The first-order valence-corrected chi connectivity index (χ1v) is 6.89. The van der Waals surface area contributed by atoms with Crippen molar-refractivity contribution in [3.63, 3.8) is 0 Å². The smallest absolute Gasteiger partial charge is 0.193 e. The molecule has 0 saturated carbocycles. The predicted molar refractivity (Wildman–Crippen MR) is 71.8 cm³/mol. The molecule has 2 N–H and O–H groups in total. The van der Waals surface area contributed by atoms with Gasteiger partial charge >= 0.3 is 0 Å². The van der Waals surface area contributed by atoms with Crippen LogP contribution in [0.4, 0.5) is 0 Å². The Balaban J connectivity index is 1.82. The molecule has 0 aliphatic carbocycles. The van der Waals surface area contributed by atoms with Crippen molar-refractivity contribution in [1.82, 2.24) is 9.38 Å². The molecular formula is C13H15N3OS. The van der Waals surface area contributed by atoms with E-state index in [0.29, 0.717) is 0 Å². The van der Waals surface area contributed by atoms with Gasteiger partial charge < -0.3 is 10.2 Å². The van der Waals surface area contributed by atoms with E-state index in [1.54, 1.807) is 17.6 Å². The van der Waals surface area contributed by atoms with Crippen LogP contribution in [0.25, 0.3) is 4.96 Å². The Morgan fingerprint density at radius 2 is 2.44 bits per heavy atom. The lowest BCUT2D eigenvalue weighted by Crippen LogP contribution is -2.14. The standard InChI is InChI=1S/C13H15N3OS/c1-2-12-10(3-5-17-12)11(14)7-9-8-16-4-6-18-13(16)15-9/h3-6,8,11H,2,7,14H2,1H3. The molecule has 0 aromatic carbocycles. The number of fused-ring (bicyclic) bond motifs is 1. The first-order valence-electron chi connectivity index (χ1n) is 6.01. The summed E-state index contributed by atoms with van der Waals surface area (Å²) < 4.78 is 7.44. The number of hydrogen-bond acceptors (Lipinski definition) is 4. The lowest BCUT2D eigenvalue weighted by molar-refractivity contribution is 0.505. The Morgan fingerprint density at radius 3 is 3.22 bits per heavy atom. The summed E-state index contributed by atoms with van der Waals surface area (Å²) in [5, 5.41) is 2.03. The monoisotopic (exact) mass is 261 g/mol. The fraction of sp³-hybridized carbons (Fsp3) is 0.308. The first-order chi connectivity index (χ1) is 8.78. The van der Waals surface area contributed by atoms with Gasteiger partial charge in [-0.3, -0.25) is 4.40 Å². The molecule has 0 radical (unpaired) electrons. The average Bonchev–Trinajstić information content (AvgIpc) is 3.02. The van der Waals surface area contributed by atoms with E-state index in [1.807, 2.05) is 28.2 Å². The minimum atomic E-state index is -0.0525.